The molecule has 0 radical (unpaired) electrons. The van der Waals surface area contributed by atoms with Crippen molar-refractivity contribution in [3.05, 3.63) is 41.7 Å². The second-order valence-electron chi connectivity index (χ2n) is 5.73. The Bertz CT molecular complexity index is 740. The van der Waals surface area contributed by atoms with Gasteiger partial charge >= 0.3 is 0 Å². The fraction of sp³-hybridized carbons (Fsp3) is 0.389. The molecular formula is C18H21N3O3S. The topological polar surface area (TPSA) is 73.3 Å². The molecule has 132 valence electrons. The Morgan fingerprint density at radius 2 is 2.20 bits per heavy atom. The maximum atomic E-state index is 12.1. The molecule has 3 rings (SSSR count). The van der Waals surface area contributed by atoms with Crippen LogP contribution >= 0.6 is 11.8 Å². The van der Waals surface area contributed by atoms with Crippen molar-refractivity contribution in [2.45, 2.75) is 38.1 Å². The van der Waals surface area contributed by atoms with Crippen LogP contribution in [0.5, 0.6) is 11.5 Å². The second-order valence-corrected chi connectivity index (χ2v) is 6.67. The van der Waals surface area contributed by atoms with Crippen LogP contribution in [-0.2, 0) is 17.8 Å². The molecule has 1 amide bonds. The summed E-state index contributed by atoms with van der Waals surface area (Å²) in [6.07, 6.45) is 4.38. The Morgan fingerprint density at radius 1 is 1.40 bits per heavy atom. The fourth-order valence-electron chi connectivity index (χ4n) is 2.64. The summed E-state index contributed by atoms with van der Waals surface area (Å²) in [5.41, 5.74) is 2.08. The minimum absolute atomic E-state index is 0.0744. The number of rotatable bonds is 7. The molecule has 0 saturated heterocycles. The molecule has 0 spiro atoms. The lowest BCUT2D eigenvalue weighted by Crippen LogP contribution is -2.25. The first-order valence-corrected chi connectivity index (χ1v) is 9.26. The molecule has 0 aliphatic carbocycles. The number of carbonyl (C=O) groups excluding carboxylic acids is 1. The molecule has 2 heterocycles. The van der Waals surface area contributed by atoms with Gasteiger partial charge in [0.15, 0.2) is 5.16 Å². The van der Waals surface area contributed by atoms with E-state index in [0.29, 0.717) is 18.3 Å². The van der Waals surface area contributed by atoms with Gasteiger partial charge in [-0.3, -0.25) is 4.79 Å². The van der Waals surface area contributed by atoms with Gasteiger partial charge in [-0.25, -0.2) is 9.97 Å². The van der Waals surface area contributed by atoms with E-state index in [2.05, 4.69) is 15.3 Å². The number of thioether (sulfide) groups is 1. The molecule has 1 aromatic carbocycles. The maximum absolute atomic E-state index is 12.1. The van der Waals surface area contributed by atoms with E-state index in [9.17, 15) is 4.79 Å². The molecule has 1 N–H and O–H groups in total. The monoisotopic (exact) mass is 359 g/mol. The summed E-state index contributed by atoms with van der Waals surface area (Å²) in [7, 11) is 0. The number of fused-ring (bicyclic) bond motifs is 1. The zero-order valence-corrected chi connectivity index (χ0v) is 15.1. The van der Waals surface area contributed by atoms with E-state index in [1.165, 1.54) is 11.8 Å². The summed E-state index contributed by atoms with van der Waals surface area (Å²) in [6.45, 7) is 4.97. The second kappa shape index (κ2) is 8.20. The van der Waals surface area contributed by atoms with Crippen LogP contribution in [0, 0.1) is 0 Å². The largest absolute Gasteiger partial charge is 0.494 e. The summed E-state index contributed by atoms with van der Waals surface area (Å²) in [6, 6.07) is 5.74. The van der Waals surface area contributed by atoms with E-state index in [1.807, 2.05) is 26.0 Å². The third-order valence-corrected chi connectivity index (χ3v) is 4.60. The van der Waals surface area contributed by atoms with Crippen LogP contribution in [0.3, 0.4) is 0 Å². The molecule has 0 unspecified atom stereocenters. The van der Waals surface area contributed by atoms with Crippen LogP contribution in [0.1, 0.15) is 25.0 Å². The highest BCUT2D eigenvalue weighted by molar-refractivity contribution is 7.99. The molecule has 6 nitrogen and oxygen atoms in total. The van der Waals surface area contributed by atoms with E-state index >= 15 is 0 Å². The van der Waals surface area contributed by atoms with Gasteiger partial charge < -0.3 is 14.8 Å². The Labute approximate surface area is 151 Å². The van der Waals surface area contributed by atoms with Crippen LogP contribution in [0.2, 0.25) is 0 Å². The Balaban J connectivity index is 1.60. The number of amides is 1. The highest BCUT2D eigenvalue weighted by Crippen LogP contribution is 2.35. The zero-order chi connectivity index (χ0) is 17.6. The molecule has 0 saturated carbocycles. The van der Waals surface area contributed by atoms with E-state index in [4.69, 9.17) is 9.47 Å². The normalized spacial score (nSPS) is 15.4. The van der Waals surface area contributed by atoms with Gasteiger partial charge in [-0.05, 0) is 32.0 Å². The average molecular weight is 359 g/mol. The van der Waals surface area contributed by atoms with Crippen molar-refractivity contribution in [2.75, 3.05) is 12.4 Å². The number of nitrogens with zero attached hydrogens (tertiary/aromatic N) is 2. The molecule has 1 aromatic heterocycles. The number of hydrogen-bond acceptors (Lipinski definition) is 6. The van der Waals surface area contributed by atoms with E-state index < -0.39 is 0 Å². The summed E-state index contributed by atoms with van der Waals surface area (Å²) < 4.78 is 11.5. The van der Waals surface area contributed by atoms with Gasteiger partial charge in [0, 0.05) is 36.5 Å². The first kappa shape index (κ1) is 17.5. The molecule has 7 heteroatoms. The average Bonchev–Trinajstić information content (AvgIpc) is 2.98. The molecule has 2 aromatic rings. The standard InChI is InChI=1S/C18H21N3O3S/c1-3-23-15-8-13-7-12(2)24-16(13)9-14(15)10-21-17(22)11-25-18-19-5-4-6-20-18/h4-6,8-9,12H,3,7,10-11H2,1-2H3,(H,21,22)/t12-/m1/s1. The van der Waals surface area contributed by atoms with Crippen molar-refractivity contribution >= 4 is 17.7 Å². The predicted molar refractivity (Wildman–Crippen MR) is 96.0 cm³/mol. The lowest BCUT2D eigenvalue weighted by Gasteiger charge is -2.13. The van der Waals surface area contributed by atoms with Gasteiger partial charge in [-0.2, -0.15) is 0 Å². The fourth-order valence-corrected chi connectivity index (χ4v) is 3.28. The number of ether oxygens (including phenoxy) is 2. The number of benzene rings is 1. The van der Waals surface area contributed by atoms with Crippen molar-refractivity contribution in [1.82, 2.24) is 15.3 Å². The van der Waals surface area contributed by atoms with Crippen LogP contribution in [-0.4, -0.2) is 34.3 Å². The van der Waals surface area contributed by atoms with Crippen molar-refractivity contribution in [1.29, 1.82) is 0 Å². The molecule has 1 atom stereocenters. The molecule has 25 heavy (non-hydrogen) atoms. The maximum Gasteiger partial charge on any atom is 0.230 e. The van der Waals surface area contributed by atoms with Crippen molar-refractivity contribution in [3.8, 4) is 11.5 Å². The predicted octanol–water partition coefficient (Wildman–Crippen LogP) is 2.61. The quantitative estimate of drug-likeness (QED) is 0.605. The summed E-state index contributed by atoms with van der Waals surface area (Å²) in [5.74, 6) is 1.88. The summed E-state index contributed by atoms with van der Waals surface area (Å²) in [4.78, 5) is 20.3. The van der Waals surface area contributed by atoms with Gasteiger partial charge in [0.2, 0.25) is 5.91 Å². The smallest absolute Gasteiger partial charge is 0.230 e. The minimum atomic E-state index is -0.0744. The minimum Gasteiger partial charge on any atom is -0.494 e. The number of carbonyl (C=O) groups is 1. The van der Waals surface area contributed by atoms with Crippen LogP contribution in [0.15, 0.2) is 35.7 Å². The molecule has 0 fully saturated rings. The molecule has 0 bridgehead atoms. The molecular weight excluding hydrogens is 338 g/mol. The van der Waals surface area contributed by atoms with Gasteiger partial charge in [0.25, 0.3) is 0 Å². The summed E-state index contributed by atoms with van der Waals surface area (Å²) >= 11 is 1.31. The Kier molecular flexibility index (Phi) is 5.75. The van der Waals surface area contributed by atoms with Crippen LogP contribution in [0.25, 0.3) is 0 Å². The van der Waals surface area contributed by atoms with Crippen molar-refractivity contribution in [3.63, 3.8) is 0 Å². The first-order valence-electron chi connectivity index (χ1n) is 8.27. The lowest BCUT2D eigenvalue weighted by molar-refractivity contribution is -0.118. The molecule has 1 aliphatic heterocycles. The Hall–Kier alpha value is -2.28. The van der Waals surface area contributed by atoms with Crippen LogP contribution in [0.4, 0.5) is 0 Å². The van der Waals surface area contributed by atoms with Gasteiger partial charge in [-0.1, -0.05) is 11.8 Å². The Morgan fingerprint density at radius 3 is 2.96 bits per heavy atom. The summed E-state index contributed by atoms with van der Waals surface area (Å²) in [5, 5.41) is 3.51. The van der Waals surface area contributed by atoms with Gasteiger partial charge in [0.1, 0.15) is 17.6 Å². The lowest BCUT2D eigenvalue weighted by atomic mass is 10.1. The van der Waals surface area contributed by atoms with Crippen LogP contribution < -0.4 is 14.8 Å². The third-order valence-electron chi connectivity index (χ3n) is 3.73. The third kappa shape index (κ3) is 4.63. The van der Waals surface area contributed by atoms with Gasteiger partial charge in [0.05, 0.1) is 12.4 Å². The van der Waals surface area contributed by atoms with Crippen molar-refractivity contribution in [2.24, 2.45) is 0 Å². The van der Waals surface area contributed by atoms with Crippen molar-refractivity contribution < 1.29 is 14.3 Å². The molecule has 1 aliphatic rings. The number of aromatic nitrogens is 2. The number of hydrogen-bond donors (Lipinski definition) is 1. The van der Waals surface area contributed by atoms with E-state index in [0.717, 1.165) is 29.0 Å². The number of nitrogens with one attached hydrogen (secondary N) is 1. The van der Waals surface area contributed by atoms with Gasteiger partial charge in [-0.15, -0.1) is 0 Å². The zero-order valence-electron chi connectivity index (χ0n) is 14.3. The SMILES string of the molecule is CCOc1cc2c(cc1CNC(=O)CSc1ncccn1)O[C@H](C)C2. The highest BCUT2D eigenvalue weighted by atomic mass is 32.2. The van der Waals surface area contributed by atoms with E-state index in [1.54, 1.807) is 18.5 Å². The first-order chi connectivity index (χ1) is 12.2. The highest BCUT2D eigenvalue weighted by Gasteiger charge is 2.22. The van der Waals surface area contributed by atoms with E-state index in [-0.39, 0.29) is 17.8 Å².